The van der Waals surface area contributed by atoms with E-state index in [2.05, 4.69) is 5.10 Å². The molecule has 0 radical (unpaired) electrons. The number of thioether (sulfide) groups is 1. The fourth-order valence-corrected chi connectivity index (χ4v) is 2.10. The molecule has 2 N–H and O–H groups in total. The molecule has 1 atom stereocenters. The van der Waals surface area contributed by atoms with Crippen LogP contribution in [0.5, 0.6) is 0 Å². The third-order valence-corrected chi connectivity index (χ3v) is 2.90. The molecule has 1 heterocycles. The summed E-state index contributed by atoms with van der Waals surface area (Å²) in [5.74, 6) is -1.53. The number of H-pyrrole nitrogens is 1. The van der Waals surface area contributed by atoms with Crippen molar-refractivity contribution < 1.29 is 23.1 Å². The number of nitrogens with one attached hydrogen (secondary N) is 1. The second kappa shape index (κ2) is 5.46. The molecule has 0 aromatic carbocycles. The molecule has 18 heavy (non-hydrogen) atoms. The summed E-state index contributed by atoms with van der Waals surface area (Å²) in [7, 11) is 0. The molecule has 1 unspecified atom stereocenters. The van der Waals surface area contributed by atoms with Crippen molar-refractivity contribution in [3.63, 3.8) is 0 Å². The van der Waals surface area contributed by atoms with E-state index in [4.69, 9.17) is 5.11 Å². The number of alkyl halides is 3. The van der Waals surface area contributed by atoms with Crippen molar-refractivity contribution in [3.05, 3.63) is 10.5 Å². The molecule has 1 aromatic rings. The SMILES string of the molecule is CC(CC(F)(F)F)n1c(SCC(=O)O)n[nH]c1=O. The van der Waals surface area contributed by atoms with E-state index < -0.39 is 30.3 Å². The molecule has 0 aliphatic carbocycles. The van der Waals surface area contributed by atoms with Gasteiger partial charge in [-0.15, -0.1) is 5.10 Å². The van der Waals surface area contributed by atoms with Crippen LogP contribution in [0.1, 0.15) is 19.4 Å². The quantitative estimate of drug-likeness (QED) is 0.795. The van der Waals surface area contributed by atoms with E-state index in [0.29, 0.717) is 11.8 Å². The first kappa shape index (κ1) is 14.6. The lowest BCUT2D eigenvalue weighted by molar-refractivity contribution is -0.142. The van der Waals surface area contributed by atoms with Gasteiger partial charge in [0.2, 0.25) is 0 Å². The summed E-state index contributed by atoms with van der Waals surface area (Å²) < 4.78 is 37.5. The molecule has 0 saturated carbocycles. The van der Waals surface area contributed by atoms with Crippen molar-refractivity contribution in [2.75, 3.05) is 5.75 Å². The van der Waals surface area contributed by atoms with E-state index in [1.54, 1.807) is 0 Å². The second-order valence-electron chi connectivity index (χ2n) is 3.53. The molecule has 0 aliphatic heterocycles. The Morgan fingerprint density at radius 3 is 2.72 bits per heavy atom. The van der Waals surface area contributed by atoms with Crippen LogP contribution in [0.3, 0.4) is 0 Å². The standard InChI is InChI=1S/C8H10F3N3O3S/c1-4(2-8(9,10)11)14-6(17)12-13-7(14)18-3-5(15)16/h4H,2-3H2,1H3,(H,12,17)(H,15,16). The van der Waals surface area contributed by atoms with Gasteiger partial charge in [-0.05, 0) is 6.92 Å². The Labute approximate surface area is 103 Å². The van der Waals surface area contributed by atoms with Crippen LogP contribution in [0.15, 0.2) is 9.95 Å². The fourth-order valence-electron chi connectivity index (χ4n) is 1.33. The van der Waals surface area contributed by atoms with Crippen LogP contribution >= 0.6 is 11.8 Å². The molecular weight excluding hydrogens is 275 g/mol. The number of carboxylic acids is 1. The Bertz CT molecular complexity index is 482. The van der Waals surface area contributed by atoms with Gasteiger partial charge < -0.3 is 5.11 Å². The van der Waals surface area contributed by atoms with Gasteiger partial charge in [-0.2, -0.15) is 13.2 Å². The Balaban J connectivity index is 2.90. The van der Waals surface area contributed by atoms with E-state index in [9.17, 15) is 22.8 Å². The van der Waals surface area contributed by atoms with E-state index in [1.165, 1.54) is 6.92 Å². The van der Waals surface area contributed by atoms with E-state index >= 15 is 0 Å². The van der Waals surface area contributed by atoms with Gasteiger partial charge in [0.25, 0.3) is 0 Å². The van der Waals surface area contributed by atoms with Crippen molar-refractivity contribution in [1.29, 1.82) is 0 Å². The number of aromatic amines is 1. The third-order valence-electron chi connectivity index (χ3n) is 1.96. The predicted molar refractivity (Wildman–Crippen MR) is 56.6 cm³/mol. The second-order valence-corrected chi connectivity index (χ2v) is 4.47. The highest BCUT2D eigenvalue weighted by Gasteiger charge is 2.32. The molecule has 0 fully saturated rings. The first-order chi connectivity index (χ1) is 8.20. The molecule has 1 rings (SSSR count). The fraction of sp³-hybridized carbons (Fsp3) is 0.625. The van der Waals surface area contributed by atoms with Gasteiger partial charge in [0.1, 0.15) is 0 Å². The third kappa shape index (κ3) is 4.09. The number of hydrogen-bond acceptors (Lipinski definition) is 4. The molecule has 102 valence electrons. The van der Waals surface area contributed by atoms with Crippen LogP contribution in [0, 0.1) is 0 Å². The number of rotatable bonds is 5. The largest absolute Gasteiger partial charge is 0.481 e. The van der Waals surface area contributed by atoms with Gasteiger partial charge in [0, 0.05) is 6.04 Å². The van der Waals surface area contributed by atoms with Crippen LogP contribution in [0.2, 0.25) is 0 Å². The molecule has 0 spiro atoms. The zero-order valence-corrected chi connectivity index (χ0v) is 10.0. The monoisotopic (exact) mass is 285 g/mol. The minimum absolute atomic E-state index is 0.0702. The first-order valence-electron chi connectivity index (χ1n) is 4.79. The Morgan fingerprint density at radius 1 is 1.61 bits per heavy atom. The van der Waals surface area contributed by atoms with E-state index in [0.717, 1.165) is 4.57 Å². The first-order valence-corrected chi connectivity index (χ1v) is 5.77. The molecule has 0 amide bonds. The Hall–Kier alpha value is -1.45. The summed E-state index contributed by atoms with van der Waals surface area (Å²) in [6.07, 6.45) is -5.60. The number of hydrogen-bond donors (Lipinski definition) is 2. The van der Waals surface area contributed by atoms with Crippen molar-refractivity contribution in [1.82, 2.24) is 14.8 Å². The van der Waals surface area contributed by atoms with Crippen LogP contribution in [0.4, 0.5) is 13.2 Å². The molecular formula is C8H10F3N3O3S. The maximum absolute atomic E-state index is 12.2. The number of aliphatic carboxylic acids is 1. The van der Waals surface area contributed by atoms with E-state index in [-0.39, 0.29) is 10.9 Å². The number of halogens is 3. The summed E-state index contributed by atoms with van der Waals surface area (Å²) >= 11 is 0.684. The minimum Gasteiger partial charge on any atom is -0.481 e. The lowest BCUT2D eigenvalue weighted by Crippen LogP contribution is -2.25. The Morgan fingerprint density at radius 2 is 2.22 bits per heavy atom. The lowest BCUT2D eigenvalue weighted by Gasteiger charge is -2.15. The zero-order chi connectivity index (χ0) is 13.9. The van der Waals surface area contributed by atoms with Gasteiger partial charge in [-0.3, -0.25) is 9.36 Å². The normalized spacial score (nSPS) is 13.6. The predicted octanol–water partition coefficient (Wildman–Crippen LogP) is 1.26. The molecule has 0 bridgehead atoms. The summed E-state index contributed by atoms with van der Waals surface area (Å²) in [5, 5.41) is 13.9. The van der Waals surface area contributed by atoms with Gasteiger partial charge >= 0.3 is 17.8 Å². The summed E-state index contributed by atoms with van der Waals surface area (Å²) in [4.78, 5) is 21.7. The highest BCUT2D eigenvalue weighted by Crippen LogP contribution is 2.28. The summed E-state index contributed by atoms with van der Waals surface area (Å²) in [6, 6.07) is -1.15. The van der Waals surface area contributed by atoms with Gasteiger partial charge in [0.05, 0.1) is 12.2 Å². The van der Waals surface area contributed by atoms with Gasteiger partial charge in [-0.25, -0.2) is 9.89 Å². The van der Waals surface area contributed by atoms with Crippen molar-refractivity contribution in [2.45, 2.75) is 30.7 Å². The highest BCUT2D eigenvalue weighted by atomic mass is 32.2. The average Bonchev–Trinajstić information content (AvgIpc) is 2.53. The minimum atomic E-state index is -4.41. The maximum Gasteiger partial charge on any atom is 0.391 e. The average molecular weight is 285 g/mol. The number of carboxylic acid groups (broad SMARTS) is 1. The lowest BCUT2D eigenvalue weighted by atomic mass is 10.2. The Kier molecular flexibility index (Phi) is 4.43. The van der Waals surface area contributed by atoms with Gasteiger partial charge in [-0.1, -0.05) is 11.8 Å². The number of carbonyl (C=O) groups is 1. The van der Waals surface area contributed by atoms with Crippen LogP contribution in [-0.4, -0.2) is 37.8 Å². The van der Waals surface area contributed by atoms with E-state index in [1.807, 2.05) is 5.10 Å². The molecule has 10 heteroatoms. The maximum atomic E-state index is 12.2. The molecule has 6 nitrogen and oxygen atoms in total. The highest BCUT2D eigenvalue weighted by molar-refractivity contribution is 7.99. The molecule has 0 aliphatic rings. The summed E-state index contributed by atoms with van der Waals surface area (Å²) in [5.41, 5.74) is -0.792. The van der Waals surface area contributed by atoms with Crippen LogP contribution in [-0.2, 0) is 4.79 Å². The zero-order valence-electron chi connectivity index (χ0n) is 9.19. The van der Waals surface area contributed by atoms with Gasteiger partial charge in [0.15, 0.2) is 5.16 Å². The van der Waals surface area contributed by atoms with Crippen molar-refractivity contribution in [2.24, 2.45) is 0 Å². The molecule has 1 aromatic heterocycles. The summed E-state index contributed by atoms with van der Waals surface area (Å²) in [6.45, 7) is 1.22. The topological polar surface area (TPSA) is 88.0 Å². The van der Waals surface area contributed by atoms with Crippen LogP contribution in [0.25, 0.3) is 0 Å². The van der Waals surface area contributed by atoms with Crippen molar-refractivity contribution in [3.8, 4) is 0 Å². The van der Waals surface area contributed by atoms with Crippen molar-refractivity contribution >= 4 is 17.7 Å². The molecule has 0 saturated heterocycles. The number of aromatic nitrogens is 3. The van der Waals surface area contributed by atoms with Crippen LogP contribution < -0.4 is 5.69 Å². The smallest absolute Gasteiger partial charge is 0.391 e. The number of nitrogens with zero attached hydrogens (tertiary/aromatic N) is 2.